The largest absolute Gasteiger partial charge is 0.456 e. The fourth-order valence-corrected chi connectivity index (χ4v) is 14.5. The summed E-state index contributed by atoms with van der Waals surface area (Å²) in [6.07, 6.45) is 0. The smallest absolute Gasteiger partial charge is 0.301 e. The van der Waals surface area contributed by atoms with E-state index >= 15 is 9.13 Å². The highest BCUT2D eigenvalue weighted by atomic mass is 31.2. The normalized spacial score (nSPS) is 15.3. The van der Waals surface area contributed by atoms with Crippen LogP contribution in [0.4, 0.5) is 45.5 Å². The average molecular weight is 777 g/mol. The summed E-state index contributed by atoms with van der Waals surface area (Å²) in [5, 5.41) is 3.02. The predicted octanol–water partition coefficient (Wildman–Crippen LogP) is 13.2. The Kier molecular flexibility index (Phi) is 7.59. The SMILES string of the molecule is O=P1(c2ccc3c(c2)oc2cc(P4(=O)N(c5ccccc5)c5ccccc5N4c4ccccc4)ccc23)N(c2ccccc2)c2ccccc2N1c1ccccc1. The summed E-state index contributed by atoms with van der Waals surface area (Å²) >= 11 is 0. The van der Waals surface area contributed by atoms with E-state index < -0.39 is 14.9 Å². The average Bonchev–Trinajstić information content (AvgIpc) is 3.87. The molecule has 9 heteroatoms. The van der Waals surface area contributed by atoms with Gasteiger partial charge in [-0.1, -0.05) is 97.1 Å². The molecular weight excluding hydrogens is 743 g/mol. The zero-order valence-electron chi connectivity index (χ0n) is 30.5. The monoisotopic (exact) mass is 776 g/mol. The maximum Gasteiger partial charge on any atom is 0.301 e. The molecule has 0 aliphatic carbocycles. The first-order valence-corrected chi connectivity index (χ1v) is 22.1. The first kappa shape index (κ1) is 33.5. The van der Waals surface area contributed by atoms with Gasteiger partial charge in [-0.2, -0.15) is 0 Å². The van der Waals surface area contributed by atoms with Gasteiger partial charge < -0.3 is 4.42 Å². The van der Waals surface area contributed by atoms with Crippen molar-refractivity contribution in [2.45, 2.75) is 0 Å². The molecule has 0 fully saturated rings. The molecule has 1 aromatic heterocycles. The van der Waals surface area contributed by atoms with Crippen molar-refractivity contribution in [3.63, 3.8) is 0 Å². The number of nitrogens with zero attached hydrogens (tertiary/aromatic N) is 4. The van der Waals surface area contributed by atoms with Crippen molar-refractivity contribution >= 4 is 92.9 Å². The molecule has 8 aromatic carbocycles. The zero-order valence-corrected chi connectivity index (χ0v) is 32.3. The van der Waals surface area contributed by atoms with Gasteiger partial charge in [0, 0.05) is 33.5 Å². The van der Waals surface area contributed by atoms with Gasteiger partial charge in [0.25, 0.3) is 0 Å². The molecule has 11 rings (SSSR count). The predicted molar refractivity (Wildman–Crippen MR) is 235 cm³/mol. The number of hydrogen-bond donors (Lipinski definition) is 0. The van der Waals surface area contributed by atoms with Crippen molar-refractivity contribution < 1.29 is 13.5 Å². The maximum absolute atomic E-state index is 16.3. The van der Waals surface area contributed by atoms with Gasteiger partial charge in [0.2, 0.25) is 0 Å². The van der Waals surface area contributed by atoms with Gasteiger partial charge in [-0.05, 0) is 109 Å². The van der Waals surface area contributed by atoms with Crippen molar-refractivity contribution in [3.05, 3.63) is 206 Å². The van der Waals surface area contributed by atoms with Crippen LogP contribution in [0.2, 0.25) is 0 Å². The molecule has 9 aromatic rings. The van der Waals surface area contributed by atoms with Crippen molar-refractivity contribution in [2.24, 2.45) is 0 Å². The van der Waals surface area contributed by atoms with E-state index in [1.165, 1.54) is 0 Å². The van der Waals surface area contributed by atoms with E-state index in [9.17, 15) is 0 Å². The lowest BCUT2D eigenvalue weighted by atomic mass is 10.1. The molecule has 2 aliphatic rings. The van der Waals surface area contributed by atoms with E-state index in [1.807, 2.05) is 225 Å². The quantitative estimate of drug-likeness (QED) is 0.156. The third-order valence-corrected chi connectivity index (χ3v) is 16.7. The van der Waals surface area contributed by atoms with Gasteiger partial charge in [0.1, 0.15) is 11.2 Å². The standard InChI is InChI=1S/C48H34N4O3P2/c53-56(49(35-17-5-1-6-18-35)43-25-13-14-26-44(43)50(56)36-19-7-2-8-20-36)39-29-31-41-42-32-30-40(34-48(42)55-47(41)33-39)57(54)51(37-21-9-3-10-22-37)45-27-15-16-28-46(45)52(57)38-23-11-4-12-24-38/h1-34H. The number of hydrogen-bond acceptors (Lipinski definition) is 3. The van der Waals surface area contributed by atoms with E-state index in [1.54, 1.807) is 0 Å². The Labute approximate surface area is 330 Å². The van der Waals surface area contributed by atoms with Gasteiger partial charge in [-0.25, -0.2) is 0 Å². The molecule has 0 saturated heterocycles. The minimum atomic E-state index is -3.62. The minimum Gasteiger partial charge on any atom is -0.456 e. The number of fused-ring (bicyclic) bond motifs is 5. The molecular formula is C48H34N4O3P2. The third-order valence-electron chi connectivity index (χ3n) is 10.9. The molecule has 0 unspecified atom stereocenters. The fraction of sp³-hybridized carbons (Fsp3) is 0. The lowest BCUT2D eigenvalue weighted by molar-refractivity contribution is 0.581. The van der Waals surface area contributed by atoms with Crippen LogP contribution in [0.25, 0.3) is 21.9 Å². The van der Waals surface area contributed by atoms with Crippen molar-refractivity contribution in [1.29, 1.82) is 0 Å². The van der Waals surface area contributed by atoms with Crippen molar-refractivity contribution in [2.75, 3.05) is 18.7 Å². The second-order valence-electron chi connectivity index (χ2n) is 14.1. The number of furan rings is 1. The summed E-state index contributed by atoms with van der Waals surface area (Å²) in [5.74, 6) is 0. The summed E-state index contributed by atoms with van der Waals surface area (Å²) in [7, 11) is -7.25. The summed E-state index contributed by atoms with van der Waals surface area (Å²) in [6, 6.07) is 67.5. The Balaban J connectivity index is 1.10. The summed E-state index contributed by atoms with van der Waals surface area (Å²) in [5.41, 5.74) is 7.94. The molecule has 3 heterocycles. The van der Waals surface area contributed by atoms with E-state index in [4.69, 9.17) is 4.42 Å². The van der Waals surface area contributed by atoms with Crippen LogP contribution in [0.5, 0.6) is 0 Å². The van der Waals surface area contributed by atoms with Crippen molar-refractivity contribution in [1.82, 2.24) is 0 Å². The van der Waals surface area contributed by atoms with Gasteiger partial charge in [-0.15, -0.1) is 0 Å². The topological polar surface area (TPSA) is 60.2 Å². The maximum atomic E-state index is 16.3. The number of para-hydroxylation sites is 8. The van der Waals surface area contributed by atoms with Crippen LogP contribution >= 0.6 is 14.9 Å². The van der Waals surface area contributed by atoms with E-state index in [2.05, 4.69) is 0 Å². The Morgan fingerprint density at radius 1 is 0.316 bits per heavy atom. The lowest BCUT2D eigenvalue weighted by Crippen LogP contribution is -2.26. The molecule has 0 bridgehead atoms. The van der Waals surface area contributed by atoms with Crippen LogP contribution in [0.1, 0.15) is 0 Å². The molecule has 7 nitrogen and oxygen atoms in total. The highest BCUT2D eigenvalue weighted by Crippen LogP contribution is 2.71. The molecule has 0 radical (unpaired) electrons. The summed E-state index contributed by atoms with van der Waals surface area (Å²) in [4.78, 5) is 0. The summed E-state index contributed by atoms with van der Waals surface area (Å²) < 4.78 is 47.2. The van der Waals surface area contributed by atoms with Crippen LogP contribution in [0.3, 0.4) is 0 Å². The van der Waals surface area contributed by atoms with Gasteiger partial charge in [0.05, 0.1) is 33.4 Å². The van der Waals surface area contributed by atoms with Crippen LogP contribution in [-0.2, 0) is 9.13 Å². The van der Waals surface area contributed by atoms with E-state index in [0.29, 0.717) is 21.8 Å². The van der Waals surface area contributed by atoms with Crippen LogP contribution in [0.15, 0.2) is 211 Å². The number of anilines is 8. The van der Waals surface area contributed by atoms with Gasteiger partial charge >= 0.3 is 14.9 Å². The molecule has 0 atom stereocenters. The third kappa shape index (κ3) is 4.93. The van der Waals surface area contributed by atoms with Crippen LogP contribution < -0.4 is 29.3 Å². The highest BCUT2D eigenvalue weighted by Gasteiger charge is 2.50. The highest BCUT2D eigenvalue weighted by molar-refractivity contribution is 7.76. The molecule has 57 heavy (non-hydrogen) atoms. The molecule has 0 saturated carbocycles. The van der Waals surface area contributed by atoms with Crippen LogP contribution in [-0.4, -0.2) is 0 Å². The van der Waals surface area contributed by atoms with Crippen LogP contribution in [0, 0.1) is 0 Å². The number of rotatable bonds is 6. The second kappa shape index (κ2) is 12.9. The minimum absolute atomic E-state index is 0.597. The molecule has 2 aliphatic heterocycles. The molecule has 274 valence electrons. The Morgan fingerprint density at radius 3 is 0.860 bits per heavy atom. The fourth-order valence-electron chi connectivity index (χ4n) is 8.45. The zero-order chi connectivity index (χ0) is 38.1. The molecule has 0 spiro atoms. The Morgan fingerprint density at radius 2 is 0.579 bits per heavy atom. The molecule has 0 N–H and O–H groups in total. The van der Waals surface area contributed by atoms with Gasteiger partial charge in [-0.3, -0.25) is 27.8 Å². The number of benzene rings is 8. The second-order valence-corrected chi connectivity index (χ2v) is 18.9. The first-order chi connectivity index (χ1) is 28.0. The van der Waals surface area contributed by atoms with E-state index in [0.717, 1.165) is 56.3 Å². The van der Waals surface area contributed by atoms with Gasteiger partial charge in [0.15, 0.2) is 0 Å². The Bertz CT molecular complexity index is 2720. The lowest BCUT2D eigenvalue weighted by Gasteiger charge is -2.33. The molecule has 0 amide bonds. The Hall–Kier alpha value is -6.78. The van der Waals surface area contributed by atoms with Crippen molar-refractivity contribution in [3.8, 4) is 0 Å². The first-order valence-electron chi connectivity index (χ1n) is 18.8. The van der Waals surface area contributed by atoms with E-state index in [-0.39, 0.29) is 0 Å². The summed E-state index contributed by atoms with van der Waals surface area (Å²) in [6.45, 7) is 0.